The van der Waals surface area contributed by atoms with E-state index in [2.05, 4.69) is 31.8 Å². The fourth-order valence-electron chi connectivity index (χ4n) is 3.00. The van der Waals surface area contributed by atoms with Crippen LogP contribution in [0.4, 0.5) is 5.82 Å². The Hall–Kier alpha value is -4.01. The molecular formula is C24H16Cl2N5O3. The van der Waals surface area contributed by atoms with E-state index in [1.165, 1.54) is 18.5 Å². The van der Waals surface area contributed by atoms with E-state index in [4.69, 9.17) is 23.2 Å². The summed E-state index contributed by atoms with van der Waals surface area (Å²) in [5, 5.41) is 15.6. The number of hydrogen-bond acceptors (Lipinski definition) is 6. The van der Waals surface area contributed by atoms with Gasteiger partial charge in [-0.1, -0.05) is 41.4 Å². The molecule has 0 fully saturated rings. The lowest BCUT2D eigenvalue weighted by Crippen LogP contribution is -2.22. The second-order valence-electron chi connectivity index (χ2n) is 7.08. The van der Waals surface area contributed by atoms with E-state index in [0.717, 1.165) is 5.56 Å². The van der Waals surface area contributed by atoms with Crippen LogP contribution in [0.5, 0.6) is 5.75 Å². The zero-order chi connectivity index (χ0) is 24.1. The van der Waals surface area contributed by atoms with Crippen molar-refractivity contribution in [1.82, 2.24) is 20.3 Å². The number of pyridine rings is 1. The Morgan fingerprint density at radius 1 is 1.00 bits per heavy atom. The lowest BCUT2D eigenvalue weighted by molar-refractivity contribution is 0.0950. The van der Waals surface area contributed by atoms with E-state index >= 15 is 0 Å². The second kappa shape index (κ2) is 10.3. The molecule has 10 heteroatoms. The summed E-state index contributed by atoms with van der Waals surface area (Å²) < 4.78 is 0. The summed E-state index contributed by atoms with van der Waals surface area (Å²) in [6, 6.07) is 14.5. The number of benzene rings is 2. The zero-order valence-corrected chi connectivity index (χ0v) is 18.9. The first-order valence-corrected chi connectivity index (χ1v) is 10.7. The van der Waals surface area contributed by atoms with Gasteiger partial charge in [0.25, 0.3) is 11.8 Å². The highest BCUT2D eigenvalue weighted by Gasteiger charge is 2.15. The zero-order valence-electron chi connectivity index (χ0n) is 17.4. The van der Waals surface area contributed by atoms with Gasteiger partial charge in [-0.05, 0) is 42.0 Å². The van der Waals surface area contributed by atoms with Crippen LogP contribution >= 0.6 is 23.2 Å². The van der Waals surface area contributed by atoms with Gasteiger partial charge in [0.05, 0.1) is 21.9 Å². The monoisotopic (exact) mass is 492 g/mol. The molecule has 0 saturated carbocycles. The van der Waals surface area contributed by atoms with Gasteiger partial charge in [0, 0.05) is 23.9 Å². The summed E-state index contributed by atoms with van der Waals surface area (Å²) in [7, 11) is 0. The average molecular weight is 493 g/mol. The van der Waals surface area contributed by atoms with Gasteiger partial charge in [0.1, 0.15) is 17.8 Å². The smallest absolute Gasteiger partial charge is 0.277 e. The summed E-state index contributed by atoms with van der Waals surface area (Å²) in [5.74, 6) is -0.463. The summed E-state index contributed by atoms with van der Waals surface area (Å²) >= 11 is 12.2. The lowest BCUT2D eigenvalue weighted by Gasteiger charge is -2.09. The van der Waals surface area contributed by atoms with E-state index in [1.807, 2.05) is 0 Å². The number of halogens is 2. The third-order valence-electron chi connectivity index (χ3n) is 4.64. The topological polar surface area (TPSA) is 117 Å². The van der Waals surface area contributed by atoms with Crippen LogP contribution in [0, 0.1) is 6.20 Å². The minimum Gasteiger partial charge on any atom is -0.508 e. The maximum Gasteiger partial charge on any atom is 0.277 e. The molecule has 2 aromatic carbocycles. The number of rotatable bonds is 6. The first-order valence-electron chi connectivity index (χ1n) is 9.93. The highest BCUT2D eigenvalue weighted by Crippen LogP contribution is 2.27. The van der Waals surface area contributed by atoms with Gasteiger partial charge in [0.2, 0.25) is 0 Å². The van der Waals surface area contributed by atoms with Gasteiger partial charge >= 0.3 is 0 Å². The molecule has 0 aliphatic rings. The Balaban J connectivity index is 1.47. The first-order chi connectivity index (χ1) is 16.4. The van der Waals surface area contributed by atoms with Crippen molar-refractivity contribution in [1.29, 1.82) is 0 Å². The Labute approximate surface area is 204 Å². The number of carbonyl (C=O) groups is 2. The van der Waals surface area contributed by atoms with Crippen LogP contribution in [-0.2, 0) is 6.54 Å². The minimum atomic E-state index is -0.553. The van der Waals surface area contributed by atoms with Crippen LogP contribution < -0.4 is 10.6 Å². The fourth-order valence-corrected chi connectivity index (χ4v) is 3.39. The van der Waals surface area contributed by atoms with Gasteiger partial charge < -0.3 is 15.7 Å². The molecule has 0 spiro atoms. The maximum absolute atomic E-state index is 12.5. The number of hydrogen-bond donors (Lipinski definition) is 3. The summed E-state index contributed by atoms with van der Waals surface area (Å²) in [6.45, 7) is 0.244. The second-order valence-corrected chi connectivity index (χ2v) is 7.92. The molecule has 2 heterocycles. The van der Waals surface area contributed by atoms with Gasteiger partial charge in [-0.15, -0.1) is 0 Å². The van der Waals surface area contributed by atoms with Crippen molar-refractivity contribution in [2.24, 2.45) is 0 Å². The van der Waals surface area contributed by atoms with Crippen molar-refractivity contribution in [3.63, 3.8) is 0 Å². The molecule has 1 radical (unpaired) electrons. The van der Waals surface area contributed by atoms with Crippen molar-refractivity contribution in [2.45, 2.75) is 6.54 Å². The van der Waals surface area contributed by atoms with Crippen molar-refractivity contribution in [2.75, 3.05) is 5.32 Å². The number of phenolic OH excluding ortho intramolecular Hbond substituents is 1. The van der Waals surface area contributed by atoms with Crippen molar-refractivity contribution >= 4 is 40.8 Å². The van der Waals surface area contributed by atoms with Crippen LogP contribution in [0.2, 0.25) is 10.0 Å². The molecule has 0 bridgehead atoms. The van der Waals surface area contributed by atoms with E-state index in [-0.39, 0.29) is 28.9 Å². The molecule has 2 amide bonds. The minimum absolute atomic E-state index is 0.0572. The van der Waals surface area contributed by atoms with Crippen molar-refractivity contribution in [3.05, 3.63) is 100 Å². The number of aromatic nitrogens is 3. The molecule has 8 nitrogen and oxygen atoms in total. The Bertz CT molecular complexity index is 1360. The molecule has 34 heavy (non-hydrogen) atoms. The van der Waals surface area contributed by atoms with Crippen LogP contribution in [0.3, 0.4) is 0 Å². The predicted octanol–water partition coefficient (Wildman–Crippen LogP) is 4.53. The lowest BCUT2D eigenvalue weighted by atomic mass is 10.1. The van der Waals surface area contributed by atoms with Crippen LogP contribution in [0.25, 0.3) is 11.3 Å². The number of carbonyl (C=O) groups excluding carboxylic acids is 2. The highest BCUT2D eigenvalue weighted by atomic mass is 35.5. The molecular weight excluding hydrogens is 477 g/mol. The molecule has 3 N–H and O–H groups in total. The quantitative estimate of drug-likeness (QED) is 0.363. The predicted molar refractivity (Wildman–Crippen MR) is 128 cm³/mol. The largest absolute Gasteiger partial charge is 0.508 e. The molecule has 0 aliphatic carbocycles. The van der Waals surface area contributed by atoms with E-state index < -0.39 is 5.91 Å². The van der Waals surface area contributed by atoms with Crippen molar-refractivity contribution < 1.29 is 14.7 Å². The normalized spacial score (nSPS) is 10.5. The highest BCUT2D eigenvalue weighted by molar-refractivity contribution is 6.33. The molecule has 0 aliphatic heterocycles. The molecule has 0 atom stereocenters. The van der Waals surface area contributed by atoms with Crippen molar-refractivity contribution in [3.8, 4) is 17.0 Å². The summed E-state index contributed by atoms with van der Waals surface area (Å²) in [4.78, 5) is 37.3. The van der Waals surface area contributed by atoms with E-state index in [0.29, 0.717) is 27.7 Å². The number of nitrogens with zero attached hydrogens (tertiary/aromatic N) is 3. The maximum atomic E-state index is 12.5. The van der Waals surface area contributed by atoms with Crippen LogP contribution in [-0.4, -0.2) is 31.9 Å². The van der Waals surface area contributed by atoms with Crippen LogP contribution in [0.1, 0.15) is 26.4 Å². The molecule has 4 aromatic rings. The summed E-state index contributed by atoms with van der Waals surface area (Å²) in [6.07, 6.45) is 5.37. The number of nitrogens with one attached hydrogen (secondary N) is 2. The molecule has 169 valence electrons. The third kappa shape index (κ3) is 5.67. The number of aromatic hydroxyl groups is 1. The molecule has 4 rings (SSSR count). The Morgan fingerprint density at radius 2 is 1.85 bits per heavy atom. The van der Waals surface area contributed by atoms with Gasteiger partial charge in [0.15, 0.2) is 5.69 Å². The Morgan fingerprint density at radius 3 is 2.59 bits per heavy atom. The average Bonchev–Trinajstić information content (AvgIpc) is 2.84. The van der Waals surface area contributed by atoms with E-state index in [1.54, 1.807) is 48.5 Å². The standard InChI is InChI=1S/C24H16Cl2N5O3/c25-16-5-7-22(28-11-16)31-24(34)21-13-27-12-20(30-21)18-6-4-15(9-19(18)26)23(33)29-10-14-2-1-3-17(32)8-14/h1-9,11-12,32H,10H2,(H,29,33)(H,28,31,34). The van der Waals surface area contributed by atoms with Gasteiger partial charge in [-0.2, -0.15) is 0 Å². The number of anilines is 1. The van der Waals surface area contributed by atoms with Gasteiger partial charge in [-0.25, -0.2) is 15.0 Å². The molecule has 0 saturated heterocycles. The fraction of sp³-hybridized carbons (Fsp3) is 0.0417. The number of phenols is 1. The van der Waals surface area contributed by atoms with E-state index in [9.17, 15) is 14.7 Å². The van der Waals surface area contributed by atoms with Gasteiger partial charge in [-0.3, -0.25) is 9.59 Å². The molecule has 0 unspecified atom stereocenters. The third-order valence-corrected chi connectivity index (χ3v) is 5.18. The Kier molecular flexibility index (Phi) is 7.01. The SMILES string of the molecule is O=C(NCc1cccc(O)c1)c1ccc(-c2cn[c]c(C(=O)Nc3ccc(Cl)cn3)n2)c(Cl)c1. The van der Waals surface area contributed by atoms with Crippen LogP contribution in [0.15, 0.2) is 67.0 Å². The number of amides is 2. The summed E-state index contributed by atoms with van der Waals surface area (Å²) in [5.41, 5.74) is 1.87. The first kappa shape index (κ1) is 23.2. The molecule has 2 aromatic heterocycles.